The van der Waals surface area contributed by atoms with E-state index in [2.05, 4.69) is 15.5 Å². The van der Waals surface area contributed by atoms with Crippen molar-refractivity contribution in [2.45, 2.75) is 46.3 Å². The summed E-state index contributed by atoms with van der Waals surface area (Å²) in [6.45, 7) is 8.97. The van der Waals surface area contributed by atoms with E-state index in [1.165, 1.54) is 0 Å². The summed E-state index contributed by atoms with van der Waals surface area (Å²) >= 11 is 0. The number of hydrogen-bond donors (Lipinski definition) is 1. The zero-order chi connectivity index (χ0) is 14.3. The molecule has 0 aromatic carbocycles. The monoisotopic (exact) mass is 267 g/mol. The maximum atomic E-state index is 12.2. The summed E-state index contributed by atoms with van der Waals surface area (Å²) in [7, 11) is 0. The smallest absolute Gasteiger partial charge is 0.224 e. The van der Waals surface area contributed by atoms with Gasteiger partial charge in [0, 0.05) is 24.9 Å². The van der Waals surface area contributed by atoms with Gasteiger partial charge in [0.25, 0.3) is 0 Å². The molecule has 0 spiro atoms. The van der Waals surface area contributed by atoms with Crippen LogP contribution in [0, 0.1) is 12.3 Å². The van der Waals surface area contributed by atoms with Gasteiger partial charge in [-0.15, -0.1) is 5.10 Å². The number of carbonyl (C=O) groups is 1. The second kappa shape index (κ2) is 4.56. The molecule has 1 aromatic heterocycles. The summed E-state index contributed by atoms with van der Waals surface area (Å²) in [6.07, 6.45) is 0.345. The molecule has 2 heterocycles. The van der Waals surface area contributed by atoms with Crippen LogP contribution >= 0.6 is 0 Å². The third kappa shape index (κ3) is 2.60. The molecule has 19 heavy (non-hydrogen) atoms. The average molecular weight is 267 g/mol. The summed E-state index contributed by atoms with van der Waals surface area (Å²) in [6, 6.07) is 0. The van der Waals surface area contributed by atoms with Gasteiger partial charge in [-0.2, -0.15) is 0 Å². The largest absolute Gasteiger partial charge is 0.388 e. The minimum Gasteiger partial charge on any atom is -0.388 e. The van der Waals surface area contributed by atoms with Crippen LogP contribution in [0.15, 0.2) is 0 Å². The predicted molar refractivity (Wildman–Crippen MR) is 68.2 cm³/mol. The molecule has 106 valence electrons. The lowest BCUT2D eigenvalue weighted by molar-refractivity contribution is -0.131. The molecular formula is C12H21N5O2. The van der Waals surface area contributed by atoms with Gasteiger partial charge in [-0.05, 0) is 24.3 Å². The Bertz CT molecular complexity index is 464. The first-order chi connectivity index (χ1) is 8.73. The van der Waals surface area contributed by atoms with Gasteiger partial charge in [0.05, 0.1) is 12.1 Å². The first-order valence-electron chi connectivity index (χ1n) is 6.46. The van der Waals surface area contributed by atoms with Crippen LogP contribution in [0.4, 0.5) is 0 Å². The number of β-amino-alcohol motifs (C(OH)–C–C–N with tert-alkyl or cyclic N) is 1. The maximum Gasteiger partial charge on any atom is 0.224 e. The van der Waals surface area contributed by atoms with Gasteiger partial charge < -0.3 is 10.0 Å². The molecule has 0 bridgehead atoms. The third-order valence-electron chi connectivity index (χ3n) is 4.14. The molecule has 0 unspecified atom stereocenters. The number of likely N-dealkylation sites (tertiary alicyclic amines) is 1. The van der Waals surface area contributed by atoms with Crippen LogP contribution < -0.4 is 0 Å². The number of aryl methyl sites for hydroxylation is 2. The number of tetrazole rings is 1. The van der Waals surface area contributed by atoms with Crippen LogP contribution in [0.3, 0.4) is 0 Å². The van der Waals surface area contributed by atoms with Gasteiger partial charge >= 0.3 is 0 Å². The standard InChI is InChI=1S/C12H21N5O2/c1-9-13-14-15-17(9)6-5-10(18)16-7-11(2,3)12(4,19)8-16/h19H,5-8H2,1-4H3/t12-/m1/s1. The van der Waals surface area contributed by atoms with Crippen molar-refractivity contribution in [2.75, 3.05) is 13.1 Å². The molecule has 1 fully saturated rings. The minimum absolute atomic E-state index is 0.0285. The van der Waals surface area contributed by atoms with E-state index in [1.54, 1.807) is 23.4 Å². The summed E-state index contributed by atoms with van der Waals surface area (Å²) < 4.78 is 1.61. The normalized spacial score (nSPS) is 25.8. The Kier molecular flexibility index (Phi) is 3.34. The zero-order valence-electron chi connectivity index (χ0n) is 11.9. The molecule has 1 aliphatic rings. The van der Waals surface area contributed by atoms with Crippen molar-refractivity contribution in [3.05, 3.63) is 5.82 Å². The quantitative estimate of drug-likeness (QED) is 0.832. The highest BCUT2D eigenvalue weighted by Gasteiger charge is 2.48. The second-order valence-electron chi connectivity index (χ2n) is 6.11. The van der Waals surface area contributed by atoms with Crippen molar-refractivity contribution >= 4 is 5.91 Å². The summed E-state index contributed by atoms with van der Waals surface area (Å²) in [5.74, 6) is 0.724. The number of aliphatic hydroxyl groups is 1. The molecule has 2 rings (SSSR count). The highest BCUT2D eigenvalue weighted by atomic mass is 16.3. The molecule has 1 saturated heterocycles. The molecule has 1 aromatic rings. The Hall–Kier alpha value is -1.50. The molecule has 1 amide bonds. The van der Waals surface area contributed by atoms with Crippen LogP contribution in [0.25, 0.3) is 0 Å². The van der Waals surface area contributed by atoms with Crippen LogP contribution in [0.1, 0.15) is 33.0 Å². The van der Waals surface area contributed by atoms with Crippen LogP contribution in [0.5, 0.6) is 0 Å². The Morgan fingerprint density at radius 3 is 2.53 bits per heavy atom. The first-order valence-corrected chi connectivity index (χ1v) is 6.46. The molecule has 1 N–H and O–H groups in total. The van der Waals surface area contributed by atoms with E-state index in [9.17, 15) is 9.90 Å². The molecule has 0 radical (unpaired) electrons. The van der Waals surface area contributed by atoms with E-state index in [1.807, 2.05) is 13.8 Å². The Morgan fingerprint density at radius 1 is 1.37 bits per heavy atom. The van der Waals surface area contributed by atoms with E-state index in [0.29, 0.717) is 31.9 Å². The van der Waals surface area contributed by atoms with Gasteiger partial charge in [-0.1, -0.05) is 13.8 Å². The fraction of sp³-hybridized carbons (Fsp3) is 0.833. The minimum atomic E-state index is -0.840. The van der Waals surface area contributed by atoms with Crippen molar-refractivity contribution in [3.8, 4) is 0 Å². The Balaban J connectivity index is 1.94. The molecule has 1 atom stereocenters. The van der Waals surface area contributed by atoms with Crippen LogP contribution in [0.2, 0.25) is 0 Å². The number of nitrogens with zero attached hydrogens (tertiary/aromatic N) is 5. The zero-order valence-corrected chi connectivity index (χ0v) is 11.9. The van der Waals surface area contributed by atoms with E-state index in [4.69, 9.17) is 0 Å². The summed E-state index contributed by atoms with van der Waals surface area (Å²) in [5, 5.41) is 21.4. The SMILES string of the molecule is Cc1nnnn1CCC(=O)N1CC(C)(C)[C@](C)(O)C1. The van der Waals surface area contributed by atoms with E-state index in [0.717, 1.165) is 0 Å². The number of carbonyl (C=O) groups excluding carboxylic acids is 1. The maximum absolute atomic E-state index is 12.2. The summed E-state index contributed by atoms with van der Waals surface area (Å²) in [5.41, 5.74) is -1.12. The van der Waals surface area contributed by atoms with E-state index in [-0.39, 0.29) is 11.3 Å². The molecule has 7 nitrogen and oxygen atoms in total. The number of rotatable bonds is 3. The molecule has 1 aliphatic heterocycles. The van der Waals surface area contributed by atoms with Gasteiger partial charge in [0.15, 0.2) is 0 Å². The first kappa shape index (κ1) is 13.9. The highest BCUT2D eigenvalue weighted by Crippen LogP contribution is 2.38. The highest BCUT2D eigenvalue weighted by molar-refractivity contribution is 5.76. The van der Waals surface area contributed by atoms with Crippen molar-refractivity contribution in [1.82, 2.24) is 25.1 Å². The van der Waals surface area contributed by atoms with E-state index < -0.39 is 5.60 Å². The average Bonchev–Trinajstić information content (AvgIpc) is 2.78. The van der Waals surface area contributed by atoms with Crippen molar-refractivity contribution in [3.63, 3.8) is 0 Å². The Labute approximate surface area is 112 Å². The number of amides is 1. The lowest BCUT2D eigenvalue weighted by Crippen LogP contribution is -2.40. The van der Waals surface area contributed by atoms with E-state index >= 15 is 0 Å². The van der Waals surface area contributed by atoms with Gasteiger partial charge in [0.2, 0.25) is 5.91 Å². The van der Waals surface area contributed by atoms with Gasteiger partial charge in [0.1, 0.15) is 5.82 Å². The fourth-order valence-electron chi connectivity index (χ4n) is 2.28. The molecule has 0 saturated carbocycles. The molecular weight excluding hydrogens is 246 g/mol. The predicted octanol–water partition coefficient (Wildman–Crippen LogP) is -0.00898. The van der Waals surface area contributed by atoms with Gasteiger partial charge in [-0.25, -0.2) is 4.68 Å². The molecule has 7 heteroatoms. The van der Waals surface area contributed by atoms with Crippen molar-refractivity contribution < 1.29 is 9.90 Å². The van der Waals surface area contributed by atoms with Crippen LogP contribution in [-0.4, -0.2) is 54.8 Å². The fourth-order valence-corrected chi connectivity index (χ4v) is 2.28. The van der Waals surface area contributed by atoms with Crippen molar-refractivity contribution in [2.24, 2.45) is 5.41 Å². The number of hydrogen-bond acceptors (Lipinski definition) is 5. The Morgan fingerprint density at radius 2 is 2.05 bits per heavy atom. The topological polar surface area (TPSA) is 84.1 Å². The summed E-state index contributed by atoms with van der Waals surface area (Å²) in [4.78, 5) is 13.9. The number of aromatic nitrogens is 4. The second-order valence-corrected chi connectivity index (χ2v) is 6.11. The van der Waals surface area contributed by atoms with Crippen molar-refractivity contribution in [1.29, 1.82) is 0 Å². The van der Waals surface area contributed by atoms with Gasteiger partial charge in [-0.3, -0.25) is 4.79 Å². The lowest BCUT2D eigenvalue weighted by Gasteiger charge is -2.30. The molecule has 0 aliphatic carbocycles. The lowest BCUT2D eigenvalue weighted by atomic mass is 9.79. The third-order valence-corrected chi connectivity index (χ3v) is 4.14. The van der Waals surface area contributed by atoms with Crippen LogP contribution in [-0.2, 0) is 11.3 Å².